The van der Waals surface area contributed by atoms with Crippen molar-refractivity contribution in [1.29, 1.82) is 0 Å². The van der Waals surface area contributed by atoms with Gasteiger partial charge in [0.25, 0.3) is 11.6 Å². The molecule has 154 valence electrons. The Morgan fingerprint density at radius 3 is 2.52 bits per heavy atom. The van der Waals surface area contributed by atoms with E-state index in [1.54, 1.807) is 19.1 Å². The predicted molar refractivity (Wildman–Crippen MR) is 112 cm³/mol. The number of primary amides is 1. The van der Waals surface area contributed by atoms with Crippen molar-refractivity contribution >= 4 is 34.8 Å². The number of carbonyl (C=O) groups is 2. The van der Waals surface area contributed by atoms with Crippen molar-refractivity contribution in [2.24, 2.45) is 11.7 Å². The minimum Gasteiger partial charge on any atom is -0.375 e. The molecule has 2 unspecified atom stereocenters. The van der Waals surface area contributed by atoms with Crippen molar-refractivity contribution in [2.75, 3.05) is 5.32 Å². The van der Waals surface area contributed by atoms with Gasteiger partial charge in [-0.15, -0.1) is 0 Å². The zero-order valence-corrected chi connectivity index (χ0v) is 16.9. The summed E-state index contributed by atoms with van der Waals surface area (Å²) < 4.78 is 0. The molecular weight excluding hydrogens is 396 g/mol. The van der Waals surface area contributed by atoms with E-state index in [4.69, 9.17) is 17.3 Å². The Kier molecular flexibility index (Phi) is 7.55. The summed E-state index contributed by atoms with van der Waals surface area (Å²) >= 11 is 6.11. The van der Waals surface area contributed by atoms with E-state index in [2.05, 4.69) is 10.6 Å². The number of benzene rings is 2. The van der Waals surface area contributed by atoms with Gasteiger partial charge >= 0.3 is 0 Å². The highest BCUT2D eigenvalue weighted by Gasteiger charge is 2.25. The molecule has 0 saturated heterocycles. The van der Waals surface area contributed by atoms with Crippen LogP contribution in [0, 0.1) is 16.0 Å². The van der Waals surface area contributed by atoms with Crippen molar-refractivity contribution in [2.45, 2.75) is 32.9 Å². The minimum absolute atomic E-state index is 0.0644. The SMILES string of the molecule is CCC(C)C(NC(=O)c1ccc(NCc2ccccc2Cl)c([N+](=O)[O-])c1)C(N)=O. The topological polar surface area (TPSA) is 127 Å². The smallest absolute Gasteiger partial charge is 0.293 e. The van der Waals surface area contributed by atoms with Crippen molar-refractivity contribution < 1.29 is 14.5 Å². The molecule has 2 aromatic rings. The summed E-state index contributed by atoms with van der Waals surface area (Å²) in [4.78, 5) is 35.0. The third-order valence-corrected chi connectivity index (χ3v) is 5.06. The average molecular weight is 419 g/mol. The van der Waals surface area contributed by atoms with E-state index in [0.29, 0.717) is 11.4 Å². The number of rotatable bonds is 9. The van der Waals surface area contributed by atoms with Crippen LogP contribution < -0.4 is 16.4 Å². The van der Waals surface area contributed by atoms with Gasteiger partial charge in [0, 0.05) is 23.2 Å². The van der Waals surface area contributed by atoms with Crippen molar-refractivity contribution in [3.8, 4) is 0 Å². The zero-order valence-electron chi connectivity index (χ0n) is 16.1. The molecule has 0 saturated carbocycles. The first-order valence-electron chi connectivity index (χ1n) is 9.10. The van der Waals surface area contributed by atoms with Crippen LogP contribution in [0.1, 0.15) is 36.2 Å². The lowest BCUT2D eigenvalue weighted by atomic mass is 9.98. The van der Waals surface area contributed by atoms with Crippen LogP contribution in [0.2, 0.25) is 5.02 Å². The van der Waals surface area contributed by atoms with Crippen LogP contribution in [0.3, 0.4) is 0 Å². The van der Waals surface area contributed by atoms with Crippen LogP contribution in [-0.2, 0) is 11.3 Å². The summed E-state index contributed by atoms with van der Waals surface area (Å²) in [5.74, 6) is -1.42. The van der Waals surface area contributed by atoms with Crippen molar-refractivity contribution in [1.82, 2.24) is 5.32 Å². The van der Waals surface area contributed by atoms with E-state index in [0.717, 1.165) is 5.56 Å². The second-order valence-corrected chi connectivity index (χ2v) is 7.08. The van der Waals surface area contributed by atoms with E-state index >= 15 is 0 Å². The van der Waals surface area contributed by atoms with E-state index < -0.39 is 22.8 Å². The summed E-state index contributed by atoms with van der Waals surface area (Å²) in [5.41, 5.74) is 6.20. The maximum absolute atomic E-state index is 12.5. The summed E-state index contributed by atoms with van der Waals surface area (Å²) in [7, 11) is 0. The minimum atomic E-state index is -0.857. The predicted octanol–water partition coefficient (Wildman–Crippen LogP) is 3.49. The lowest BCUT2D eigenvalue weighted by Gasteiger charge is -2.21. The molecule has 0 aliphatic heterocycles. The molecule has 0 heterocycles. The molecule has 0 aliphatic rings. The summed E-state index contributed by atoms with van der Waals surface area (Å²) in [6.07, 6.45) is 0.638. The normalized spacial score (nSPS) is 12.7. The van der Waals surface area contributed by atoms with E-state index in [9.17, 15) is 19.7 Å². The molecule has 8 nitrogen and oxygen atoms in total. The maximum Gasteiger partial charge on any atom is 0.293 e. The number of nitrogens with zero attached hydrogens (tertiary/aromatic N) is 1. The van der Waals surface area contributed by atoms with E-state index in [1.165, 1.54) is 18.2 Å². The molecule has 0 fully saturated rings. The number of amides is 2. The molecule has 2 rings (SSSR count). The molecule has 4 N–H and O–H groups in total. The Morgan fingerprint density at radius 1 is 1.24 bits per heavy atom. The van der Waals surface area contributed by atoms with Gasteiger partial charge in [-0.3, -0.25) is 19.7 Å². The molecule has 9 heteroatoms. The molecule has 29 heavy (non-hydrogen) atoms. The van der Waals surface area contributed by atoms with Gasteiger partial charge < -0.3 is 16.4 Å². The van der Waals surface area contributed by atoms with E-state index in [1.807, 2.05) is 19.1 Å². The average Bonchev–Trinajstić information content (AvgIpc) is 2.70. The molecule has 0 aliphatic carbocycles. The summed E-state index contributed by atoms with van der Waals surface area (Å²) in [6, 6.07) is 10.4. The number of hydrogen-bond acceptors (Lipinski definition) is 5. The van der Waals surface area contributed by atoms with Crippen molar-refractivity contribution in [3.63, 3.8) is 0 Å². The Balaban J connectivity index is 2.22. The quantitative estimate of drug-likeness (QED) is 0.424. The lowest BCUT2D eigenvalue weighted by molar-refractivity contribution is -0.384. The molecule has 0 radical (unpaired) electrons. The third-order valence-electron chi connectivity index (χ3n) is 4.69. The fraction of sp³-hybridized carbons (Fsp3) is 0.300. The fourth-order valence-corrected chi connectivity index (χ4v) is 2.96. The third kappa shape index (κ3) is 5.68. The van der Waals surface area contributed by atoms with Crippen LogP contribution in [-0.4, -0.2) is 22.8 Å². The number of nitro groups is 1. The molecule has 0 spiro atoms. The van der Waals surface area contributed by atoms with Gasteiger partial charge in [-0.2, -0.15) is 0 Å². The second kappa shape index (κ2) is 9.88. The van der Waals surface area contributed by atoms with E-state index in [-0.39, 0.29) is 29.4 Å². The Hall–Kier alpha value is -3.13. The first-order valence-corrected chi connectivity index (χ1v) is 9.48. The lowest BCUT2D eigenvalue weighted by Crippen LogP contribution is -2.48. The standard InChI is InChI=1S/C20H23ClN4O4/c1-3-12(2)18(19(22)26)24-20(27)13-8-9-16(17(10-13)25(28)29)23-11-14-6-4-5-7-15(14)21/h4-10,12,18,23H,3,11H2,1-2H3,(H2,22,26)(H,24,27). The monoisotopic (exact) mass is 418 g/mol. The first kappa shape index (κ1) is 22.2. The van der Waals surface area contributed by atoms with Gasteiger partial charge in [-0.25, -0.2) is 0 Å². The molecule has 2 atom stereocenters. The maximum atomic E-state index is 12.5. The summed E-state index contributed by atoms with van der Waals surface area (Å²) in [6.45, 7) is 3.95. The number of anilines is 1. The number of hydrogen-bond donors (Lipinski definition) is 3. The number of halogens is 1. The Labute approximate surface area is 173 Å². The van der Waals surface area contributed by atoms with Crippen LogP contribution >= 0.6 is 11.6 Å². The number of nitrogens with two attached hydrogens (primary N) is 1. The van der Waals surface area contributed by atoms with Crippen LogP contribution in [0.15, 0.2) is 42.5 Å². The molecule has 2 amide bonds. The number of nitro benzene ring substituents is 1. The molecule has 2 aromatic carbocycles. The second-order valence-electron chi connectivity index (χ2n) is 6.67. The Morgan fingerprint density at radius 2 is 1.93 bits per heavy atom. The molecular formula is C20H23ClN4O4. The van der Waals surface area contributed by atoms with Gasteiger partial charge in [-0.05, 0) is 29.7 Å². The molecule has 0 aromatic heterocycles. The largest absolute Gasteiger partial charge is 0.375 e. The van der Waals surface area contributed by atoms with Crippen LogP contribution in [0.25, 0.3) is 0 Å². The fourth-order valence-electron chi connectivity index (χ4n) is 2.76. The van der Waals surface area contributed by atoms with Gasteiger partial charge in [0.05, 0.1) is 4.92 Å². The highest BCUT2D eigenvalue weighted by Crippen LogP contribution is 2.27. The summed E-state index contributed by atoms with van der Waals surface area (Å²) in [5, 5.41) is 17.6. The highest BCUT2D eigenvalue weighted by molar-refractivity contribution is 6.31. The Bertz CT molecular complexity index is 919. The van der Waals surface area contributed by atoms with Gasteiger partial charge in [0.2, 0.25) is 5.91 Å². The zero-order chi connectivity index (χ0) is 21.6. The number of nitrogens with one attached hydrogen (secondary N) is 2. The molecule has 0 bridgehead atoms. The van der Waals surface area contributed by atoms with Gasteiger partial charge in [-0.1, -0.05) is 50.1 Å². The van der Waals surface area contributed by atoms with Crippen LogP contribution in [0.4, 0.5) is 11.4 Å². The first-order chi connectivity index (χ1) is 13.7. The van der Waals surface area contributed by atoms with Gasteiger partial charge in [0.15, 0.2) is 0 Å². The van der Waals surface area contributed by atoms with Crippen molar-refractivity contribution in [3.05, 3.63) is 68.7 Å². The van der Waals surface area contributed by atoms with Gasteiger partial charge in [0.1, 0.15) is 11.7 Å². The number of carbonyl (C=O) groups excluding carboxylic acids is 2. The highest BCUT2D eigenvalue weighted by atomic mass is 35.5. The van der Waals surface area contributed by atoms with Crippen LogP contribution in [0.5, 0.6) is 0 Å².